The fourth-order valence-corrected chi connectivity index (χ4v) is 0.930. The maximum atomic E-state index is 4.13. The predicted octanol–water partition coefficient (Wildman–Crippen LogP) is -1.13. The average molecular weight is 214 g/mol. The third-order valence-corrected chi connectivity index (χ3v) is 1.56. The van der Waals surface area contributed by atoms with Crippen LogP contribution in [0.4, 0.5) is 11.5 Å². The average Bonchev–Trinajstić information content (AvgIpc) is 2.29. The van der Waals surface area contributed by atoms with Crippen LogP contribution >= 0.6 is 0 Å². The number of hydrogen-bond donors (Lipinski definition) is 0. The minimum absolute atomic E-state index is 0. The van der Waals surface area contributed by atoms with Crippen LogP contribution in [0.15, 0.2) is 21.4 Å². The van der Waals surface area contributed by atoms with E-state index in [0.29, 0.717) is 17.3 Å². The van der Waals surface area contributed by atoms with Crippen molar-refractivity contribution in [3.63, 3.8) is 0 Å². The van der Waals surface area contributed by atoms with Gasteiger partial charge in [0.15, 0.2) is 5.82 Å². The van der Waals surface area contributed by atoms with E-state index in [1.165, 1.54) is 0 Å². The van der Waals surface area contributed by atoms with Crippen LogP contribution in [0.3, 0.4) is 0 Å². The smallest absolute Gasteiger partial charge is 0.813 e. The Bertz CT molecular complexity index is 393. The predicted molar refractivity (Wildman–Crippen MR) is 57.1 cm³/mol. The van der Waals surface area contributed by atoms with Crippen molar-refractivity contribution >= 4 is 31.2 Å². The molecule has 0 radical (unpaired) electrons. The van der Waals surface area contributed by atoms with Crippen LogP contribution in [0.5, 0.6) is 0 Å². The number of fused-ring (bicyclic) bond motifs is 1. The first-order valence-electron chi connectivity index (χ1n) is 3.89. The third-order valence-electron chi connectivity index (χ3n) is 1.56. The maximum Gasteiger partial charge on any atom is 1.00 e. The Morgan fingerprint density at radius 2 is 2.07 bits per heavy atom. The molecule has 0 aromatic carbocycles. The molecule has 7 heteroatoms. The van der Waals surface area contributed by atoms with Gasteiger partial charge in [-0.3, -0.25) is 4.99 Å². The van der Waals surface area contributed by atoms with E-state index in [9.17, 15) is 0 Å². The molecule has 2 heterocycles. The number of hydrogen-bond acceptors (Lipinski definition) is 6. The van der Waals surface area contributed by atoms with E-state index in [0.717, 1.165) is 6.04 Å². The molecule has 15 heavy (non-hydrogen) atoms. The van der Waals surface area contributed by atoms with E-state index in [4.69, 9.17) is 0 Å². The molecule has 0 amide bonds. The van der Waals surface area contributed by atoms with Gasteiger partial charge in [0.05, 0.1) is 6.20 Å². The van der Waals surface area contributed by atoms with Gasteiger partial charge >= 0.3 is 18.9 Å². The normalized spacial score (nSPS) is 12.3. The van der Waals surface area contributed by atoms with Crippen LogP contribution in [0.1, 0.15) is 12.7 Å². The zero-order valence-corrected chi connectivity index (χ0v) is 9.73. The van der Waals surface area contributed by atoms with E-state index in [1.54, 1.807) is 12.4 Å². The molecule has 1 aromatic heterocycles. The van der Waals surface area contributed by atoms with Crippen molar-refractivity contribution in [2.24, 2.45) is 15.2 Å². The first kappa shape index (κ1) is 14.2. The van der Waals surface area contributed by atoms with Gasteiger partial charge in [-0.15, -0.1) is 6.21 Å². The molecule has 0 fully saturated rings. The fourth-order valence-electron chi connectivity index (χ4n) is 0.930. The van der Waals surface area contributed by atoms with Gasteiger partial charge in [0.2, 0.25) is 0 Å². The fraction of sp³-hybridized carbons (Fsp3) is 0.250. The van der Waals surface area contributed by atoms with Crippen molar-refractivity contribution in [2.75, 3.05) is 0 Å². The zero-order chi connectivity index (χ0) is 9.26. The Morgan fingerprint density at radius 1 is 1.33 bits per heavy atom. The van der Waals surface area contributed by atoms with Gasteiger partial charge in [-0.1, -0.05) is 0 Å². The monoisotopic (exact) mass is 214 g/mol. The number of aliphatic imine (C=N–C) groups is 1. The summed E-state index contributed by atoms with van der Waals surface area (Å²) in [5.74, 6) is 1.26. The van der Waals surface area contributed by atoms with E-state index >= 15 is 0 Å². The summed E-state index contributed by atoms with van der Waals surface area (Å²) in [5.41, 5.74) is 0.610. The second-order valence-corrected chi connectivity index (χ2v) is 2.73. The Balaban J connectivity index is 0.000000980. The largest absolute Gasteiger partial charge is 1.00 e. The molecule has 0 saturated heterocycles. The Kier molecular flexibility index (Phi) is 5.58. The minimum Gasteiger partial charge on any atom is -0.813 e. The van der Waals surface area contributed by atoms with Gasteiger partial charge < -0.3 is 18.6 Å². The molecule has 74 valence electrons. The molecule has 0 aliphatic carbocycles. The van der Waals surface area contributed by atoms with Gasteiger partial charge in [-0.2, -0.15) is 12.0 Å². The summed E-state index contributed by atoms with van der Waals surface area (Å²) in [4.78, 5) is 12.3. The van der Waals surface area contributed by atoms with Crippen LogP contribution in [0.2, 0.25) is 0 Å². The van der Waals surface area contributed by atoms with Crippen molar-refractivity contribution in [3.8, 4) is 0 Å². The van der Waals surface area contributed by atoms with E-state index < -0.39 is 0 Å². The van der Waals surface area contributed by atoms with Crippen LogP contribution < -0.4 is 18.9 Å². The Labute approximate surface area is 107 Å². The summed E-state index contributed by atoms with van der Waals surface area (Å²) in [6, 6.07) is 0.760. The van der Waals surface area contributed by atoms with Gasteiger partial charge in [0.25, 0.3) is 0 Å². The van der Waals surface area contributed by atoms with Crippen molar-refractivity contribution < 1.29 is 18.9 Å². The van der Waals surface area contributed by atoms with Crippen molar-refractivity contribution in [3.05, 3.63) is 18.1 Å². The van der Waals surface area contributed by atoms with Crippen molar-refractivity contribution in [1.82, 2.24) is 9.97 Å². The minimum atomic E-state index is 0. The van der Waals surface area contributed by atoms with Crippen LogP contribution in [0, 0.1) is 13.0 Å². The maximum absolute atomic E-state index is 4.13. The molecule has 1 aliphatic rings. The molecule has 2 rings (SSSR count). The van der Waals surface area contributed by atoms with Crippen LogP contribution in [-0.2, 0) is 13.5 Å². The molecule has 0 bridgehead atoms. The zero-order valence-electron chi connectivity index (χ0n) is 8.84. The summed E-state index contributed by atoms with van der Waals surface area (Å²) in [7, 11) is 0. The number of nitrogens with zero attached hydrogens (tertiary/aromatic N) is 5. The molecular weight excluding hydrogens is 205 g/mol. The van der Waals surface area contributed by atoms with E-state index in [-0.39, 0.29) is 32.4 Å². The first-order chi connectivity index (χ1) is 6.25. The summed E-state index contributed by atoms with van der Waals surface area (Å²) in [6.07, 6.45) is 3.26. The first-order valence-corrected chi connectivity index (χ1v) is 3.89. The number of aromatic nitrogens is 2. The molecule has 0 spiro atoms. The summed E-state index contributed by atoms with van der Waals surface area (Å²) in [6.45, 7) is 3.65. The van der Waals surface area contributed by atoms with Gasteiger partial charge in [0.1, 0.15) is 11.5 Å². The molecule has 0 saturated carbocycles. The molecule has 0 unspecified atom stereocenters. The molecule has 1 aromatic rings. The Hall–Kier alpha value is -0.833. The van der Waals surface area contributed by atoms with Crippen molar-refractivity contribution in [1.29, 1.82) is 0 Å². The summed E-state index contributed by atoms with van der Waals surface area (Å²) < 4.78 is 0. The second-order valence-electron chi connectivity index (χ2n) is 2.73. The quantitative estimate of drug-likeness (QED) is 0.237. The molecule has 5 nitrogen and oxygen atoms in total. The van der Waals surface area contributed by atoms with Gasteiger partial charge in [-0.05, 0) is 6.92 Å². The number of thiol groups is 1. The van der Waals surface area contributed by atoms with E-state index in [2.05, 4.69) is 25.2 Å². The SMILES string of the molecule is Cc1ncc2c(n1)N=C[C-](C)N=N2.[Li+].[SH-]. The van der Waals surface area contributed by atoms with Gasteiger partial charge in [-0.25, -0.2) is 16.0 Å². The molecule has 1 aliphatic heterocycles. The van der Waals surface area contributed by atoms with E-state index in [1.807, 2.05) is 13.8 Å². The molecule has 0 N–H and O–H groups in total. The third kappa shape index (κ3) is 3.34. The second kappa shape index (κ2) is 5.91. The Morgan fingerprint density at radius 3 is 2.80 bits per heavy atom. The number of azo groups is 1. The topological polar surface area (TPSA) is 62.9 Å². The van der Waals surface area contributed by atoms with Crippen LogP contribution in [-0.4, -0.2) is 16.2 Å². The summed E-state index contributed by atoms with van der Waals surface area (Å²) >= 11 is 0. The van der Waals surface area contributed by atoms with Crippen molar-refractivity contribution in [2.45, 2.75) is 13.8 Å². The summed E-state index contributed by atoms with van der Waals surface area (Å²) in [5, 5.41) is 7.85. The number of aryl methyl sites for hydroxylation is 1. The molecule has 0 atom stereocenters. The van der Waals surface area contributed by atoms with Gasteiger partial charge in [0, 0.05) is 0 Å². The standard InChI is InChI=1S/C8H8N5.Li.H2S/c1-5-3-10-8-7(13-12-5)4-9-6(2)11-8;;/h3-4H,1-2H3;;1H2/q-1;+1;/p-1. The van der Waals surface area contributed by atoms with Crippen LogP contribution in [0.25, 0.3) is 0 Å². The molecular formula is C8H9LiN5S-. The number of rotatable bonds is 0.